The molecule has 0 N–H and O–H groups in total. The van der Waals surface area contributed by atoms with Gasteiger partial charge < -0.3 is 0 Å². The van der Waals surface area contributed by atoms with E-state index in [0.717, 1.165) is 17.8 Å². The van der Waals surface area contributed by atoms with Crippen molar-refractivity contribution in [2.45, 2.75) is 129 Å². The normalized spacial score (nSPS) is 32.3. The summed E-state index contributed by atoms with van der Waals surface area (Å²) < 4.78 is 0. The van der Waals surface area contributed by atoms with Gasteiger partial charge in [0.2, 0.25) is 0 Å². The second-order valence-electron chi connectivity index (χ2n) is 9.67. The topological polar surface area (TPSA) is 23.8 Å². The number of rotatable bonds is 11. The van der Waals surface area contributed by atoms with Gasteiger partial charge in [-0.2, -0.15) is 5.26 Å². The van der Waals surface area contributed by atoms with Gasteiger partial charge in [-0.3, -0.25) is 0 Å². The summed E-state index contributed by atoms with van der Waals surface area (Å²) in [4.78, 5) is 0. The maximum Gasteiger partial charge on any atom is 0.0689 e. The minimum absolute atomic E-state index is 0.0413. The lowest BCUT2D eigenvalue weighted by molar-refractivity contribution is 0.114. The summed E-state index contributed by atoms with van der Waals surface area (Å²) in [5.74, 6) is 2.95. The lowest BCUT2D eigenvalue weighted by Gasteiger charge is -2.41. The van der Waals surface area contributed by atoms with E-state index >= 15 is 0 Å². The van der Waals surface area contributed by atoms with Gasteiger partial charge in [0.05, 0.1) is 11.5 Å². The van der Waals surface area contributed by atoms with E-state index in [1.165, 1.54) is 116 Å². The Bertz CT molecular complexity index is 391. The fraction of sp³-hybridized carbons (Fsp3) is 0.960. The maximum atomic E-state index is 9.85. The van der Waals surface area contributed by atoms with E-state index in [9.17, 15) is 5.26 Å². The van der Waals surface area contributed by atoms with Gasteiger partial charge in [-0.05, 0) is 62.7 Å². The minimum atomic E-state index is 0.0413. The van der Waals surface area contributed by atoms with E-state index in [2.05, 4.69) is 19.9 Å². The minimum Gasteiger partial charge on any atom is -0.198 e. The van der Waals surface area contributed by atoms with Crippen LogP contribution in [0.25, 0.3) is 0 Å². The van der Waals surface area contributed by atoms with Crippen molar-refractivity contribution < 1.29 is 0 Å². The highest BCUT2D eigenvalue weighted by molar-refractivity contribution is 5.02. The Hall–Kier alpha value is -0.510. The van der Waals surface area contributed by atoms with E-state index in [1.807, 2.05) is 0 Å². The van der Waals surface area contributed by atoms with E-state index in [1.54, 1.807) is 0 Å². The number of unbranched alkanes of at least 4 members (excludes halogenated alkanes) is 6. The molecule has 0 aromatic heterocycles. The number of nitrogens with zero attached hydrogens (tertiary/aromatic N) is 1. The van der Waals surface area contributed by atoms with Gasteiger partial charge in [0, 0.05) is 0 Å². The first-order valence-electron chi connectivity index (χ1n) is 12.1. The summed E-state index contributed by atoms with van der Waals surface area (Å²) >= 11 is 0. The van der Waals surface area contributed by atoms with E-state index in [-0.39, 0.29) is 5.41 Å². The van der Waals surface area contributed by atoms with Crippen molar-refractivity contribution in [3.63, 3.8) is 0 Å². The molecule has 26 heavy (non-hydrogen) atoms. The Morgan fingerprint density at radius 3 is 1.92 bits per heavy atom. The van der Waals surface area contributed by atoms with Crippen molar-refractivity contribution in [3.8, 4) is 6.07 Å². The largest absolute Gasteiger partial charge is 0.198 e. The molecule has 0 atom stereocenters. The molecule has 0 radical (unpaired) electrons. The molecule has 0 aliphatic heterocycles. The zero-order valence-corrected chi connectivity index (χ0v) is 17.9. The highest BCUT2D eigenvalue weighted by atomic mass is 14.4. The molecule has 0 aromatic carbocycles. The average molecular weight is 360 g/mol. The number of nitriles is 1. The summed E-state index contributed by atoms with van der Waals surface area (Å²) in [6.45, 7) is 4.60. The molecule has 0 bridgehead atoms. The van der Waals surface area contributed by atoms with Crippen molar-refractivity contribution in [1.29, 1.82) is 5.26 Å². The van der Waals surface area contributed by atoms with E-state index < -0.39 is 0 Å². The van der Waals surface area contributed by atoms with Crippen LogP contribution in [0.2, 0.25) is 0 Å². The predicted octanol–water partition coefficient (Wildman–Crippen LogP) is 8.43. The van der Waals surface area contributed by atoms with Crippen LogP contribution in [0, 0.1) is 34.5 Å². The molecule has 1 heteroatoms. The third-order valence-electron chi connectivity index (χ3n) is 7.76. The first-order chi connectivity index (χ1) is 12.7. The molecule has 2 aliphatic carbocycles. The van der Waals surface area contributed by atoms with Crippen LogP contribution in [-0.2, 0) is 0 Å². The standard InChI is InChI=1S/C25H45N/c1-3-5-7-8-9-10-18-25(21-26)19-16-24(17-20-25)23-14-12-22(13-15-23)11-6-4-2/h22-24H,3-20H2,1-2H3/t22?,23?,24-,25+. The zero-order valence-electron chi connectivity index (χ0n) is 17.9. The molecule has 2 fully saturated rings. The van der Waals surface area contributed by atoms with Gasteiger partial charge in [0.15, 0.2) is 0 Å². The molecular weight excluding hydrogens is 314 g/mol. The van der Waals surface area contributed by atoms with Crippen LogP contribution in [0.5, 0.6) is 0 Å². The van der Waals surface area contributed by atoms with Crippen molar-refractivity contribution in [2.24, 2.45) is 23.2 Å². The molecule has 0 unspecified atom stereocenters. The average Bonchev–Trinajstić information content (AvgIpc) is 2.70. The molecule has 0 heterocycles. The molecule has 1 nitrogen and oxygen atoms in total. The van der Waals surface area contributed by atoms with Crippen molar-refractivity contribution >= 4 is 0 Å². The second kappa shape index (κ2) is 12.0. The zero-order chi connectivity index (χ0) is 18.7. The van der Waals surface area contributed by atoms with Gasteiger partial charge >= 0.3 is 0 Å². The van der Waals surface area contributed by atoms with Crippen LogP contribution < -0.4 is 0 Å². The van der Waals surface area contributed by atoms with Crippen molar-refractivity contribution in [2.75, 3.05) is 0 Å². The Labute approximate surface area is 164 Å². The molecular formula is C25H45N. The fourth-order valence-electron chi connectivity index (χ4n) is 5.77. The molecule has 0 spiro atoms. The molecule has 0 amide bonds. The Balaban J connectivity index is 1.66. The van der Waals surface area contributed by atoms with Gasteiger partial charge in [0.25, 0.3) is 0 Å². The molecule has 2 saturated carbocycles. The third-order valence-corrected chi connectivity index (χ3v) is 7.76. The number of hydrogen-bond acceptors (Lipinski definition) is 1. The summed E-state index contributed by atoms with van der Waals surface area (Å²) in [5.41, 5.74) is 0.0413. The van der Waals surface area contributed by atoms with Gasteiger partial charge in [-0.15, -0.1) is 0 Å². The van der Waals surface area contributed by atoms with Crippen LogP contribution >= 0.6 is 0 Å². The number of hydrogen-bond donors (Lipinski definition) is 0. The fourth-order valence-corrected chi connectivity index (χ4v) is 5.77. The van der Waals surface area contributed by atoms with Crippen molar-refractivity contribution in [1.82, 2.24) is 0 Å². The lowest BCUT2D eigenvalue weighted by atomic mass is 9.63. The Morgan fingerprint density at radius 2 is 1.31 bits per heavy atom. The Kier molecular flexibility index (Phi) is 10.1. The van der Waals surface area contributed by atoms with Gasteiger partial charge in [-0.25, -0.2) is 0 Å². The summed E-state index contributed by atoms with van der Waals surface area (Å²) in [5, 5.41) is 9.85. The first-order valence-corrected chi connectivity index (χ1v) is 12.1. The smallest absolute Gasteiger partial charge is 0.0689 e. The molecule has 0 saturated heterocycles. The van der Waals surface area contributed by atoms with Crippen LogP contribution in [0.3, 0.4) is 0 Å². The lowest BCUT2D eigenvalue weighted by Crippen LogP contribution is -2.31. The highest BCUT2D eigenvalue weighted by Gasteiger charge is 2.38. The monoisotopic (exact) mass is 359 g/mol. The highest BCUT2D eigenvalue weighted by Crippen LogP contribution is 2.47. The van der Waals surface area contributed by atoms with Crippen LogP contribution in [-0.4, -0.2) is 0 Å². The van der Waals surface area contributed by atoms with Crippen LogP contribution in [0.1, 0.15) is 129 Å². The SMILES string of the molecule is CCCCCCCC[C@]1(C#N)CC[C@@H](C2CCC(CCCC)CC2)CC1. The summed E-state index contributed by atoms with van der Waals surface area (Å²) in [7, 11) is 0. The molecule has 2 aliphatic rings. The quantitative estimate of drug-likeness (QED) is 0.339. The Morgan fingerprint density at radius 1 is 0.731 bits per heavy atom. The van der Waals surface area contributed by atoms with Crippen molar-refractivity contribution in [3.05, 3.63) is 0 Å². The summed E-state index contributed by atoms with van der Waals surface area (Å²) in [6, 6.07) is 2.77. The molecule has 150 valence electrons. The maximum absolute atomic E-state index is 9.85. The third kappa shape index (κ3) is 6.90. The van der Waals surface area contributed by atoms with Crippen LogP contribution in [0.4, 0.5) is 0 Å². The van der Waals surface area contributed by atoms with E-state index in [4.69, 9.17) is 0 Å². The molecule has 0 aromatic rings. The summed E-state index contributed by atoms with van der Waals surface area (Å²) in [6.07, 6.45) is 24.5. The van der Waals surface area contributed by atoms with Gasteiger partial charge in [0.1, 0.15) is 0 Å². The van der Waals surface area contributed by atoms with Crippen LogP contribution in [0.15, 0.2) is 0 Å². The van der Waals surface area contributed by atoms with Gasteiger partial charge in [-0.1, -0.05) is 84.5 Å². The molecule has 2 rings (SSSR count). The predicted molar refractivity (Wildman–Crippen MR) is 113 cm³/mol. The van der Waals surface area contributed by atoms with E-state index in [0.29, 0.717) is 0 Å². The first kappa shape index (κ1) is 21.8. The second-order valence-corrected chi connectivity index (χ2v) is 9.67.